The summed E-state index contributed by atoms with van der Waals surface area (Å²) in [5.41, 5.74) is 11.7. The predicted molar refractivity (Wildman–Crippen MR) is 208 cm³/mol. The van der Waals surface area contributed by atoms with E-state index in [4.69, 9.17) is 0 Å². The number of benzene rings is 7. The number of nitrogens with zero attached hydrogens (tertiary/aromatic N) is 1. The third-order valence-corrected chi connectivity index (χ3v) is 11.5. The quantitative estimate of drug-likeness (QED) is 0.175. The van der Waals surface area contributed by atoms with Crippen LogP contribution in [-0.2, 0) is 10.8 Å². The largest absolute Gasteiger partial charge is 0.488 e. The maximum absolute atomic E-state index is 11.3. The first-order valence-electron chi connectivity index (χ1n) is 17.5. The average Bonchev–Trinajstić information content (AvgIpc) is 3.52. The van der Waals surface area contributed by atoms with Crippen molar-refractivity contribution in [1.29, 1.82) is 0 Å². The lowest BCUT2D eigenvalue weighted by Crippen LogP contribution is -2.42. The third kappa shape index (κ3) is 3.82. The molecular formula is C45H33B2NO3. The van der Waals surface area contributed by atoms with Gasteiger partial charge in [-0.15, -0.1) is 0 Å². The highest BCUT2D eigenvalue weighted by molar-refractivity contribution is 6.65. The topological polar surface area (TPSA) is 65.6 Å². The molecule has 242 valence electrons. The van der Waals surface area contributed by atoms with Gasteiger partial charge in [-0.05, 0) is 55.4 Å². The molecular weight excluding hydrogens is 624 g/mol. The summed E-state index contributed by atoms with van der Waals surface area (Å²) in [4.78, 5) is 0. The SMILES string of the molecule is CB(O)c1cc2c3c(c1)c1cc(B(O)O)cc4c1n3-c1c(cccc1C4(c1ccccc1)c1ccccc1)C2(c1ccccc1)c1ccccc1. The van der Waals surface area contributed by atoms with Crippen LogP contribution in [0.1, 0.15) is 44.5 Å². The van der Waals surface area contributed by atoms with Gasteiger partial charge in [0.25, 0.3) is 0 Å². The Hall–Kier alpha value is -5.65. The van der Waals surface area contributed by atoms with Crippen molar-refractivity contribution < 1.29 is 15.1 Å². The van der Waals surface area contributed by atoms with Crippen molar-refractivity contribution in [3.05, 3.63) is 208 Å². The minimum atomic E-state index is -1.68. The molecule has 2 aliphatic heterocycles. The van der Waals surface area contributed by atoms with Crippen molar-refractivity contribution >= 4 is 46.8 Å². The van der Waals surface area contributed by atoms with E-state index in [1.54, 1.807) is 0 Å². The number of para-hydroxylation sites is 1. The van der Waals surface area contributed by atoms with Gasteiger partial charge in [0.05, 0.1) is 27.6 Å². The first-order valence-corrected chi connectivity index (χ1v) is 17.5. The summed E-state index contributed by atoms with van der Waals surface area (Å²) in [7, 11) is -1.68. The number of hydrogen-bond donors (Lipinski definition) is 3. The molecule has 51 heavy (non-hydrogen) atoms. The van der Waals surface area contributed by atoms with E-state index in [1.165, 1.54) is 0 Å². The van der Waals surface area contributed by atoms with E-state index in [0.29, 0.717) is 5.46 Å². The summed E-state index contributed by atoms with van der Waals surface area (Å²) >= 11 is 0. The van der Waals surface area contributed by atoms with Gasteiger partial charge in [-0.3, -0.25) is 0 Å². The van der Waals surface area contributed by atoms with Gasteiger partial charge in [0.15, 0.2) is 0 Å². The summed E-state index contributed by atoms with van der Waals surface area (Å²) < 4.78 is 2.44. The summed E-state index contributed by atoms with van der Waals surface area (Å²) in [6.07, 6.45) is 0. The fourth-order valence-corrected chi connectivity index (χ4v) is 9.51. The Morgan fingerprint density at radius 1 is 0.431 bits per heavy atom. The molecule has 0 bridgehead atoms. The highest BCUT2D eigenvalue weighted by Gasteiger charge is 2.52. The van der Waals surface area contributed by atoms with Crippen LogP contribution in [-0.4, -0.2) is 33.7 Å². The molecule has 0 spiro atoms. The Kier molecular flexibility index (Phi) is 6.47. The molecule has 2 aliphatic rings. The monoisotopic (exact) mass is 657 g/mol. The summed E-state index contributed by atoms with van der Waals surface area (Å²) in [6, 6.07) is 57.7. The maximum Gasteiger partial charge on any atom is 0.488 e. The molecule has 0 saturated heterocycles. The molecule has 6 heteroatoms. The van der Waals surface area contributed by atoms with Gasteiger partial charge < -0.3 is 19.6 Å². The molecule has 0 amide bonds. The number of aromatic nitrogens is 1. The van der Waals surface area contributed by atoms with Crippen LogP contribution in [0.3, 0.4) is 0 Å². The van der Waals surface area contributed by atoms with Crippen molar-refractivity contribution in [2.45, 2.75) is 17.7 Å². The molecule has 3 heterocycles. The molecule has 10 rings (SSSR count). The Balaban J connectivity index is 1.55. The smallest absolute Gasteiger partial charge is 0.447 e. The molecule has 0 aliphatic carbocycles. The molecule has 7 aromatic carbocycles. The highest BCUT2D eigenvalue weighted by atomic mass is 16.4. The van der Waals surface area contributed by atoms with E-state index in [9.17, 15) is 15.1 Å². The molecule has 0 saturated carbocycles. The summed E-state index contributed by atoms with van der Waals surface area (Å²) in [5.74, 6) is 0. The number of rotatable bonds is 6. The minimum absolute atomic E-state index is 0.424. The van der Waals surface area contributed by atoms with Crippen molar-refractivity contribution in [2.75, 3.05) is 0 Å². The average molecular weight is 657 g/mol. The Morgan fingerprint density at radius 3 is 1.18 bits per heavy atom. The van der Waals surface area contributed by atoms with Crippen LogP contribution >= 0.6 is 0 Å². The second-order valence-electron chi connectivity index (χ2n) is 14.0. The zero-order valence-corrected chi connectivity index (χ0v) is 28.0. The van der Waals surface area contributed by atoms with Gasteiger partial charge in [0.1, 0.15) is 0 Å². The lowest BCUT2D eigenvalue weighted by molar-refractivity contribution is 0.425. The van der Waals surface area contributed by atoms with Gasteiger partial charge in [0.2, 0.25) is 0 Å². The zero-order valence-electron chi connectivity index (χ0n) is 28.0. The van der Waals surface area contributed by atoms with Crippen molar-refractivity contribution in [3.63, 3.8) is 0 Å². The van der Waals surface area contributed by atoms with Crippen LogP contribution in [0.25, 0.3) is 27.5 Å². The first-order chi connectivity index (χ1) is 25.0. The van der Waals surface area contributed by atoms with Crippen LogP contribution in [0.15, 0.2) is 164 Å². The molecule has 0 fully saturated rings. The first kappa shape index (κ1) is 30.2. The third-order valence-electron chi connectivity index (χ3n) is 11.5. The molecule has 3 N–H and O–H groups in total. The molecule has 0 atom stereocenters. The van der Waals surface area contributed by atoms with Crippen LogP contribution < -0.4 is 10.9 Å². The van der Waals surface area contributed by atoms with Gasteiger partial charge in [-0.2, -0.15) is 0 Å². The predicted octanol–water partition coefficient (Wildman–Crippen LogP) is 6.68. The van der Waals surface area contributed by atoms with Gasteiger partial charge in [0, 0.05) is 10.8 Å². The minimum Gasteiger partial charge on any atom is -0.447 e. The summed E-state index contributed by atoms with van der Waals surface area (Å²) in [5, 5.41) is 35.0. The lowest BCUT2D eigenvalue weighted by atomic mass is 9.57. The van der Waals surface area contributed by atoms with Gasteiger partial charge in [-0.1, -0.05) is 171 Å². The van der Waals surface area contributed by atoms with E-state index >= 15 is 0 Å². The fourth-order valence-electron chi connectivity index (χ4n) is 9.51. The Morgan fingerprint density at radius 2 is 0.804 bits per heavy atom. The van der Waals surface area contributed by atoms with Crippen molar-refractivity contribution in [1.82, 2.24) is 4.57 Å². The van der Waals surface area contributed by atoms with Crippen molar-refractivity contribution in [2.24, 2.45) is 0 Å². The highest BCUT2D eigenvalue weighted by Crippen LogP contribution is 2.61. The molecule has 8 aromatic rings. The molecule has 4 nitrogen and oxygen atoms in total. The number of hydrogen-bond acceptors (Lipinski definition) is 3. The van der Waals surface area contributed by atoms with E-state index in [-0.39, 0.29) is 0 Å². The van der Waals surface area contributed by atoms with E-state index in [2.05, 4.69) is 144 Å². The normalized spacial score (nSPS) is 14.6. The van der Waals surface area contributed by atoms with Gasteiger partial charge in [-0.25, -0.2) is 0 Å². The van der Waals surface area contributed by atoms with Gasteiger partial charge >= 0.3 is 14.0 Å². The van der Waals surface area contributed by atoms with E-state index < -0.39 is 24.9 Å². The van der Waals surface area contributed by atoms with E-state index in [1.807, 2.05) is 31.1 Å². The van der Waals surface area contributed by atoms with E-state index in [0.717, 1.165) is 77.5 Å². The molecule has 0 radical (unpaired) electrons. The lowest BCUT2D eigenvalue weighted by Gasteiger charge is -2.48. The zero-order chi connectivity index (χ0) is 34.5. The number of fused-ring (bicyclic) bond motifs is 1. The second kappa shape index (κ2) is 10.9. The Labute approximate surface area is 297 Å². The molecule has 0 unspecified atom stereocenters. The van der Waals surface area contributed by atoms with Crippen LogP contribution in [0.2, 0.25) is 6.82 Å². The van der Waals surface area contributed by atoms with Crippen LogP contribution in [0.5, 0.6) is 0 Å². The standard InChI is InChI=1S/C45H33B2NO3/c1-46(49)33-25-35-36-26-34(47(50)51)28-40-42(36)48-41(35)39(27-33)44(29-15-6-2-7-16-29,30-17-8-3-9-18-30)37-23-14-24-38(43(37)48)45(40,31-19-10-4-11-20-31)32-21-12-5-13-22-32/h2-28,49-51H,1H3. The fraction of sp³-hybridized carbons (Fsp3) is 0.0667. The summed E-state index contributed by atoms with van der Waals surface area (Å²) in [6.45, 7) is 1.08. The van der Waals surface area contributed by atoms with Crippen molar-refractivity contribution in [3.8, 4) is 5.69 Å². The second-order valence-corrected chi connectivity index (χ2v) is 14.0. The Bertz CT molecular complexity index is 2380. The maximum atomic E-state index is 11.3. The van der Waals surface area contributed by atoms with Crippen LogP contribution in [0, 0.1) is 0 Å². The molecule has 1 aromatic heterocycles. The van der Waals surface area contributed by atoms with Crippen LogP contribution in [0.4, 0.5) is 0 Å².